The highest BCUT2D eigenvalue weighted by Gasteiger charge is 2.15. The highest BCUT2D eigenvalue weighted by Crippen LogP contribution is 2.22. The molecule has 0 aliphatic carbocycles. The summed E-state index contributed by atoms with van der Waals surface area (Å²) in [5.41, 5.74) is 6.04. The normalized spacial score (nSPS) is 13.6. The van der Waals surface area contributed by atoms with Gasteiger partial charge >= 0.3 is 0 Å². The van der Waals surface area contributed by atoms with Crippen molar-refractivity contribution in [3.05, 3.63) is 94.3 Å². The highest BCUT2D eigenvalue weighted by molar-refractivity contribution is 6.13. The van der Waals surface area contributed by atoms with Gasteiger partial charge in [0.1, 0.15) is 5.69 Å². The van der Waals surface area contributed by atoms with Gasteiger partial charge in [-0.1, -0.05) is 42.5 Å². The molecular weight excluding hydrogens is 386 g/mol. The Labute approximate surface area is 173 Å². The monoisotopic (exact) mass is 409 g/mol. The summed E-state index contributed by atoms with van der Waals surface area (Å²) in [5.74, 6) is 0. The first kappa shape index (κ1) is 21.4. The molecule has 3 aromatic rings. The fourth-order valence-corrected chi connectivity index (χ4v) is 2.89. The fourth-order valence-electron chi connectivity index (χ4n) is 2.89. The third-order valence-electron chi connectivity index (χ3n) is 4.47. The number of anilines is 2. The Morgan fingerprint density at radius 2 is 1.57 bits per heavy atom. The van der Waals surface area contributed by atoms with Crippen LogP contribution in [0.4, 0.5) is 22.7 Å². The molecule has 0 aliphatic rings. The third kappa shape index (κ3) is 4.99. The van der Waals surface area contributed by atoms with Crippen molar-refractivity contribution < 1.29 is 20.9 Å². The Morgan fingerprint density at radius 1 is 0.867 bits per heavy atom. The zero-order valence-electron chi connectivity index (χ0n) is 16.5. The van der Waals surface area contributed by atoms with Gasteiger partial charge in [-0.15, -0.1) is 0 Å². The Hall–Kier alpha value is -3.31. The number of hydrogen-bond donors (Lipinski definition) is 5. The molecule has 9 heteroatoms. The van der Waals surface area contributed by atoms with E-state index < -0.39 is 10.5 Å². The van der Waals surface area contributed by atoms with Gasteiger partial charge in [0.15, 0.2) is 11.4 Å². The summed E-state index contributed by atoms with van der Waals surface area (Å²) in [5, 5.41) is 43.4. The number of nitrogens with zero attached hydrogens (tertiary/aromatic N) is 2. The lowest BCUT2D eigenvalue weighted by Gasteiger charge is -2.18. The summed E-state index contributed by atoms with van der Waals surface area (Å²) in [4.78, 5) is 1.98. The SMILES string of the molecule is CN(C)c1cccc(C(=NNc2ccc([NH+]([O-])O)cc2[NH+]([O-])O)c2ccccc2)c1. The van der Waals surface area contributed by atoms with E-state index >= 15 is 0 Å². The van der Waals surface area contributed by atoms with E-state index in [1.165, 1.54) is 12.1 Å². The van der Waals surface area contributed by atoms with Gasteiger partial charge < -0.3 is 15.3 Å². The van der Waals surface area contributed by atoms with Gasteiger partial charge in [-0.05, 0) is 18.2 Å². The first-order chi connectivity index (χ1) is 14.4. The Kier molecular flexibility index (Phi) is 6.75. The molecule has 30 heavy (non-hydrogen) atoms. The molecule has 2 atom stereocenters. The van der Waals surface area contributed by atoms with Crippen molar-refractivity contribution in [2.45, 2.75) is 0 Å². The van der Waals surface area contributed by atoms with Crippen molar-refractivity contribution in [2.75, 3.05) is 24.4 Å². The molecule has 0 fully saturated rings. The van der Waals surface area contributed by atoms with E-state index in [4.69, 9.17) is 5.21 Å². The largest absolute Gasteiger partial charge is 0.595 e. The second kappa shape index (κ2) is 9.46. The molecule has 0 amide bonds. The van der Waals surface area contributed by atoms with Crippen LogP contribution in [0.2, 0.25) is 0 Å². The van der Waals surface area contributed by atoms with E-state index in [0.29, 0.717) is 5.71 Å². The van der Waals surface area contributed by atoms with Crippen molar-refractivity contribution in [3.63, 3.8) is 0 Å². The molecule has 156 valence electrons. The van der Waals surface area contributed by atoms with E-state index in [2.05, 4.69) is 10.5 Å². The predicted octanol–water partition coefficient (Wildman–Crippen LogP) is 1.42. The molecule has 5 N–H and O–H groups in total. The number of benzene rings is 3. The molecule has 0 saturated heterocycles. The minimum absolute atomic E-state index is 0.108. The lowest BCUT2D eigenvalue weighted by atomic mass is 10.0. The van der Waals surface area contributed by atoms with Gasteiger partial charge in [0, 0.05) is 37.0 Å². The van der Waals surface area contributed by atoms with Crippen LogP contribution in [0.15, 0.2) is 77.9 Å². The molecule has 0 bridgehead atoms. The van der Waals surface area contributed by atoms with Gasteiger partial charge in [0.2, 0.25) is 0 Å². The zero-order valence-corrected chi connectivity index (χ0v) is 16.5. The molecule has 0 aromatic heterocycles. The maximum absolute atomic E-state index is 11.6. The van der Waals surface area contributed by atoms with Crippen molar-refractivity contribution in [3.8, 4) is 0 Å². The van der Waals surface area contributed by atoms with Crippen LogP contribution in [0.25, 0.3) is 0 Å². The number of nitrogens with one attached hydrogen (secondary N) is 3. The summed E-state index contributed by atoms with van der Waals surface area (Å²) in [6.45, 7) is 0. The summed E-state index contributed by atoms with van der Waals surface area (Å²) < 4.78 is 0. The summed E-state index contributed by atoms with van der Waals surface area (Å²) >= 11 is 0. The molecule has 0 spiro atoms. The number of rotatable bonds is 7. The van der Waals surface area contributed by atoms with E-state index in [9.17, 15) is 15.6 Å². The van der Waals surface area contributed by atoms with E-state index in [1.54, 1.807) is 0 Å². The van der Waals surface area contributed by atoms with Crippen LogP contribution in [0, 0.1) is 10.4 Å². The molecule has 9 nitrogen and oxygen atoms in total. The first-order valence-electron chi connectivity index (χ1n) is 9.14. The second-order valence-corrected chi connectivity index (χ2v) is 6.75. The standard InChI is InChI=1S/C21H23N5O4/c1-24(2)17-10-6-9-16(13-17)21(15-7-4-3-5-8-15)23-22-19-12-11-18(25(27)28)14-20(19)26(29)30/h3-14,22,25-27,29H,1-2H3. The molecule has 3 rings (SSSR count). The highest BCUT2D eigenvalue weighted by atomic mass is 16.8. The van der Waals surface area contributed by atoms with Crippen LogP contribution in [0.5, 0.6) is 0 Å². The minimum atomic E-state index is -1.24. The third-order valence-corrected chi connectivity index (χ3v) is 4.47. The van der Waals surface area contributed by atoms with Crippen LogP contribution >= 0.6 is 0 Å². The fraction of sp³-hybridized carbons (Fsp3) is 0.0952. The number of hydrogen-bond acceptors (Lipinski definition) is 7. The van der Waals surface area contributed by atoms with Crippen molar-refractivity contribution >= 4 is 28.5 Å². The van der Waals surface area contributed by atoms with Crippen LogP contribution in [0.1, 0.15) is 11.1 Å². The number of hydrazone groups is 1. The van der Waals surface area contributed by atoms with Gasteiger partial charge in [-0.2, -0.15) is 15.6 Å². The van der Waals surface area contributed by atoms with E-state index in [0.717, 1.165) is 22.9 Å². The topological polar surface area (TPSA) is 123 Å². The minimum Gasteiger partial charge on any atom is -0.595 e. The Balaban J connectivity index is 2.05. The van der Waals surface area contributed by atoms with Crippen molar-refractivity contribution in [2.24, 2.45) is 5.10 Å². The molecule has 0 heterocycles. The Morgan fingerprint density at radius 3 is 2.20 bits per heavy atom. The van der Waals surface area contributed by atoms with E-state index in [-0.39, 0.29) is 17.1 Å². The Bertz CT molecular complexity index is 1020. The second-order valence-electron chi connectivity index (χ2n) is 6.75. The average Bonchev–Trinajstić information content (AvgIpc) is 2.74. The molecule has 3 aromatic carbocycles. The number of quaternary nitrogens is 2. The lowest BCUT2D eigenvalue weighted by Crippen LogP contribution is -3.00. The average molecular weight is 409 g/mol. The molecule has 0 radical (unpaired) electrons. The van der Waals surface area contributed by atoms with Crippen LogP contribution in [-0.4, -0.2) is 30.2 Å². The van der Waals surface area contributed by atoms with Crippen molar-refractivity contribution in [1.82, 2.24) is 0 Å². The zero-order chi connectivity index (χ0) is 21.7. The van der Waals surface area contributed by atoms with Crippen LogP contribution in [0.3, 0.4) is 0 Å². The van der Waals surface area contributed by atoms with Gasteiger partial charge in [-0.3, -0.25) is 5.43 Å². The quantitative estimate of drug-likeness (QED) is 0.297. The van der Waals surface area contributed by atoms with Gasteiger partial charge in [0.05, 0.1) is 11.8 Å². The maximum Gasteiger partial charge on any atom is 0.195 e. The van der Waals surface area contributed by atoms with E-state index in [1.807, 2.05) is 73.6 Å². The molecule has 0 saturated carbocycles. The summed E-state index contributed by atoms with van der Waals surface area (Å²) in [7, 11) is 3.89. The van der Waals surface area contributed by atoms with Crippen LogP contribution in [-0.2, 0) is 0 Å². The molecular formula is C21H23N5O4. The summed E-state index contributed by atoms with van der Waals surface area (Å²) in [6.07, 6.45) is 0. The smallest absolute Gasteiger partial charge is 0.195 e. The maximum atomic E-state index is 11.6. The predicted molar refractivity (Wildman–Crippen MR) is 114 cm³/mol. The van der Waals surface area contributed by atoms with Gasteiger partial charge in [-0.25, -0.2) is 10.4 Å². The van der Waals surface area contributed by atoms with Crippen LogP contribution < -0.4 is 20.8 Å². The summed E-state index contributed by atoms with van der Waals surface area (Å²) in [6, 6.07) is 21.2. The van der Waals surface area contributed by atoms with Gasteiger partial charge in [0.25, 0.3) is 0 Å². The van der Waals surface area contributed by atoms with Crippen molar-refractivity contribution in [1.29, 1.82) is 0 Å². The first-order valence-corrected chi connectivity index (χ1v) is 9.14. The molecule has 0 aliphatic heterocycles. The lowest BCUT2D eigenvalue weighted by molar-refractivity contribution is -0.996. The molecule has 2 unspecified atom stereocenters.